The van der Waals surface area contributed by atoms with E-state index in [9.17, 15) is 4.79 Å². The molecule has 2 aromatic rings. The molecule has 0 aromatic carbocycles. The lowest BCUT2D eigenvalue weighted by Gasteiger charge is -2.22. The number of amides is 1. The van der Waals surface area contributed by atoms with E-state index in [0.29, 0.717) is 11.7 Å². The molecule has 4 heteroatoms. The Morgan fingerprint density at radius 1 is 1.33 bits per heavy atom. The molecule has 18 heavy (non-hydrogen) atoms. The van der Waals surface area contributed by atoms with E-state index in [1.807, 2.05) is 12.1 Å². The van der Waals surface area contributed by atoms with Gasteiger partial charge in [-0.25, -0.2) is 0 Å². The van der Waals surface area contributed by atoms with Crippen molar-refractivity contribution in [2.24, 2.45) is 0 Å². The molecular weight excluding hydrogens is 226 g/mol. The molecule has 4 nitrogen and oxygen atoms in total. The number of fused-ring (bicyclic) bond motifs is 1. The summed E-state index contributed by atoms with van der Waals surface area (Å²) >= 11 is 0. The second-order valence-corrected chi connectivity index (χ2v) is 4.95. The molecule has 1 aliphatic rings. The topological polar surface area (TPSA) is 57.8 Å². The molecule has 2 heterocycles. The van der Waals surface area contributed by atoms with Crippen LogP contribution in [0, 0.1) is 0 Å². The van der Waals surface area contributed by atoms with Crippen molar-refractivity contribution in [3.63, 3.8) is 0 Å². The molecule has 2 N–H and O–H groups in total. The number of hydrogen-bond acceptors (Lipinski definition) is 2. The second-order valence-electron chi connectivity index (χ2n) is 4.95. The van der Waals surface area contributed by atoms with Crippen LogP contribution in [0.15, 0.2) is 24.5 Å². The van der Waals surface area contributed by atoms with Crippen LogP contribution in [-0.4, -0.2) is 21.9 Å². The van der Waals surface area contributed by atoms with Crippen LogP contribution in [0.2, 0.25) is 0 Å². The normalized spacial score (nSPS) is 16.9. The molecular formula is C14H17N3O. The number of carbonyl (C=O) groups excluding carboxylic acids is 1. The number of nitrogens with zero attached hydrogens (tertiary/aromatic N) is 1. The van der Waals surface area contributed by atoms with Gasteiger partial charge < -0.3 is 10.3 Å². The van der Waals surface area contributed by atoms with Crippen molar-refractivity contribution < 1.29 is 4.79 Å². The molecule has 1 fully saturated rings. The average Bonchev–Trinajstić information content (AvgIpc) is 2.84. The maximum absolute atomic E-state index is 12.1. The minimum Gasteiger partial charge on any atom is -0.349 e. The third kappa shape index (κ3) is 2.23. The van der Waals surface area contributed by atoms with Gasteiger partial charge in [-0.05, 0) is 25.0 Å². The van der Waals surface area contributed by atoms with Crippen molar-refractivity contribution in [3.8, 4) is 0 Å². The molecule has 0 saturated heterocycles. The van der Waals surface area contributed by atoms with Crippen LogP contribution >= 0.6 is 0 Å². The van der Waals surface area contributed by atoms with E-state index in [1.165, 1.54) is 19.3 Å². The minimum atomic E-state index is -0.00176. The summed E-state index contributed by atoms with van der Waals surface area (Å²) < 4.78 is 0. The Kier molecular flexibility index (Phi) is 3.00. The van der Waals surface area contributed by atoms with Crippen molar-refractivity contribution in [1.82, 2.24) is 15.3 Å². The van der Waals surface area contributed by atoms with Crippen LogP contribution in [-0.2, 0) is 0 Å². The third-order valence-corrected chi connectivity index (χ3v) is 3.61. The Morgan fingerprint density at radius 2 is 2.17 bits per heavy atom. The highest BCUT2D eigenvalue weighted by molar-refractivity contribution is 5.97. The predicted molar refractivity (Wildman–Crippen MR) is 70.4 cm³/mol. The largest absolute Gasteiger partial charge is 0.349 e. The second kappa shape index (κ2) is 4.80. The average molecular weight is 243 g/mol. The summed E-state index contributed by atoms with van der Waals surface area (Å²) in [7, 11) is 0. The summed E-state index contributed by atoms with van der Waals surface area (Å²) in [5.41, 5.74) is 1.54. The Labute approximate surface area is 106 Å². The Balaban J connectivity index is 1.74. The Bertz CT molecular complexity index is 522. The molecule has 0 radical (unpaired) electrons. The summed E-state index contributed by atoms with van der Waals surface area (Å²) in [6, 6.07) is 4.13. The van der Waals surface area contributed by atoms with Gasteiger partial charge in [0.25, 0.3) is 5.91 Å². The van der Waals surface area contributed by atoms with Gasteiger partial charge in [-0.15, -0.1) is 0 Å². The van der Waals surface area contributed by atoms with E-state index in [4.69, 9.17) is 0 Å². The molecule has 0 spiro atoms. The number of aromatic amines is 1. The van der Waals surface area contributed by atoms with Crippen molar-refractivity contribution in [1.29, 1.82) is 0 Å². The van der Waals surface area contributed by atoms with E-state index in [1.54, 1.807) is 12.4 Å². The summed E-state index contributed by atoms with van der Waals surface area (Å²) in [5.74, 6) is -0.00176. The SMILES string of the molecule is O=C(NC1CCCCC1)c1cc2ccncc2[nH]1. The highest BCUT2D eigenvalue weighted by Crippen LogP contribution is 2.18. The summed E-state index contributed by atoms with van der Waals surface area (Å²) in [4.78, 5) is 19.3. The van der Waals surface area contributed by atoms with Gasteiger partial charge in [-0.2, -0.15) is 0 Å². The van der Waals surface area contributed by atoms with Crippen LogP contribution in [0.1, 0.15) is 42.6 Å². The highest BCUT2D eigenvalue weighted by atomic mass is 16.1. The molecule has 0 unspecified atom stereocenters. The maximum Gasteiger partial charge on any atom is 0.267 e. The van der Waals surface area contributed by atoms with Gasteiger partial charge in [-0.1, -0.05) is 19.3 Å². The van der Waals surface area contributed by atoms with Gasteiger partial charge in [0.15, 0.2) is 0 Å². The number of rotatable bonds is 2. The first-order valence-corrected chi connectivity index (χ1v) is 6.56. The van der Waals surface area contributed by atoms with Crippen LogP contribution in [0.5, 0.6) is 0 Å². The number of aromatic nitrogens is 2. The summed E-state index contributed by atoms with van der Waals surface area (Å²) in [6.07, 6.45) is 9.43. The lowest BCUT2D eigenvalue weighted by Crippen LogP contribution is -2.36. The fourth-order valence-electron chi connectivity index (χ4n) is 2.60. The number of carbonyl (C=O) groups is 1. The van der Waals surface area contributed by atoms with Gasteiger partial charge in [-0.3, -0.25) is 9.78 Å². The molecule has 1 amide bonds. The summed E-state index contributed by atoms with van der Waals surface area (Å²) in [6.45, 7) is 0. The fourth-order valence-corrected chi connectivity index (χ4v) is 2.60. The van der Waals surface area contributed by atoms with Crippen LogP contribution in [0.3, 0.4) is 0 Å². The van der Waals surface area contributed by atoms with Gasteiger partial charge >= 0.3 is 0 Å². The lowest BCUT2D eigenvalue weighted by atomic mass is 9.95. The number of nitrogens with one attached hydrogen (secondary N) is 2. The van der Waals surface area contributed by atoms with E-state index in [-0.39, 0.29) is 5.91 Å². The highest BCUT2D eigenvalue weighted by Gasteiger charge is 2.17. The molecule has 3 rings (SSSR count). The van der Waals surface area contributed by atoms with Crippen LogP contribution in [0.25, 0.3) is 10.9 Å². The molecule has 94 valence electrons. The first-order valence-electron chi connectivity index (χ1n) is 6.56. The predicted octanol–water partition coefficient (Wildman–Crippen LogP) is 2.63. The van der Waals surface area contributed by atoms with Gasteiger partial charge in [0.2, 0.25) is 0 Å². The molecule has 1 saturated carbocycles. The number of H-pyrrole nitrogens is 1. The number of pyridine rings is 1. The van der Waals surface area contributed by atoms with E-state index >= 15 is 0 Å². The Morgan fingerprint density at radius 3 is 2.94 bits per heavy atom. The molecule has 0 bridgehead atoms. The molecule has 0 atom stereocenters. The van der Waals surface area contributed by atoms with E-state index < -0.39 is 0 Å². The standard InChI is InChI=1S/C14H17N3O/c18-14(16-11-4-2-1-3-5-11)12-8-10-6-7-15-9-13(10)17-12/h6-9,11,17H,1-5H2,(H,16,18). The Hall–Kier alpha value is -1.84. The maximum atomic E-state index is 12.1. The molecule has 0 aliphatic heterocycles. The molecule has 2 aromatic heterocycles. The fraction of sp³-hybridized carbons (Fsp3) is 0.429. The lowest BCUT2D eigenvalue weighted by molar-refractivity contribution is 0.0923. The van der Waals surface area contributed by atoms with Gasteiger partial charge in [0, 0.05) is 17.6 Å². The van der Waals surface area contributed by atoms with Crippen LogP contribution in [0.4, 0.5) is 0 Å². The minimum absolute atomic E-state index is 0.00176. The zero-order valence-corrected chi connectivity index (χ0v) is 10.3. The van der Waals surface area contributed by atoms with E-state index in [0.717, 1.165) is 23.7 Å². The van der Waals surface area contributed by atoms with Crippen LogP contribution < -0.4 is 5.32 Å². The van der Waals surface area contributed by atoms with Crippen molar-refractivity contribution in [3.05, 3.63) is 30.2 Å². The first kappa shape index (κ1) is 11.3. The summed E-state index contributed by atoms with van der Waals surface area (Å²) in [5, 5.41) is 4.13. The zero-order valence-electron chi connectivity index (χ0n) is 10.3. The quantitative estimate of drug-likeness (QED) is 0.851. The van der Waals surface area contributed by atoms with Crippen molar-refractivity contribution >= 4 is 16.8 Å². The van der Waals surface area contributed by atoms with E-state index in [2.05, 4.69) is 15.3 Å². The first-order chi connectivity index (χ1) is 8.83. The monoisotopic (exact) mass is 243 g/mol. The smallest absolute Gasteiger partial charge is 0.267 e. The molecule has 1 aliphatic carbocycles. The van der Waals surface area contributed by atoms with Crippen molar-refractivity contribution in [2.75, 3.05) is 0 Å². The van der Waals surface area contributed by atoms with Crippen molar-refractivity contribution in [2.45, 2.75) is 38.1 Å². The van der Waals surface area contributed by atoms with Gasteiger partial charge in [0.1, 0.15) is 5.69 Å². The zero-order chi connectivity index (χ0) is 12.4. The third-order valence-electron chi connectivity index (χ3n) is 3.61. The number of hydrogen-bond donors (Lipinski definition) is 2. The van der Waals surface area contributed by atoms with Gasteiger partial charge in [0.05, 0.1) is 11.7 Å².